The van der Waals surface area contributed by atoms with Crippen molar-refractivity contribution in [2.24, 2.45) is 0 Å². The quantitative estimate of drug-likeness (QED) is 0.729. The van der Waals surface area contributed by atoms with Crippen molar-refractivity contribution in [2.45, 2.75) is 12.7 Å². The molecular formula is C16H14F3N5O. The highest BCUT2D eigenvalue weighted by Gasteiger charge is 2.32. The van der Waals surface area contributed by atoms with Crippen molar-refractivity contribution in [1.29, 1.82) is 0 Å². The summed E-state index contributed by atoms with van der Waals surface area (Å²) in [7, 11) is 3.26. The molecule has 3 aromatic heterocycles. The van der Waals surface area contributed by atoms with Gasteiger partial charge in [-0.2, -0.15) is 18.3 Å². The molecule has 9 heteroatoms. The van der Waals surface area contributed by atoms with Gasteiger partial charge in [-0.25, -0.2) is 0 Å². The smallest absolute Gasteiger partial charge is 0.347 e. The van der Waals surface area contributed by atoms with E-state index in [1.54, 1.807) is 20.2 Å². The van der Waals surface area contributed by atoms with E-state index in [1.165, 1.54) is 28.0 Å². The molecule has 3 rings (SSSR count). The average molecular weight is 349 g/mol. The molecular weight excluding hydrogens is 335 g/mol. The van der Waals surface area contributed by atoms with Crippen molar-refractivity contribution in [2.75, 3.05) is 14.1 Å². The van der Waals surface area contributed by atoms with Crippen LogP contribution < -0.4 is 0 Å². The first-order valence-corrected chi connectivity index (χ1v) is 7.31. The Kier molecular flexibility index (Phi) is 4.15. The highest BCUT2D eigenvalue weighted by atomic mass is 19.4. The molecule has 6 nitrogen and oxygen atoms in total. The number of fused-ring (bicyclic) bond motifs is 1. The van der Waals surface area contributed by atoms with E-state index in [0.717, 1.165) is 12.3 Å². The first-order valence-electron chi connectivity index (χ1n) is 7.31. The van der Waals surface area contributed by atoms with Crippen LogP contribution in [0.2, 0.25) is 0 Å². The lowest BCUT2D eigenvalue weighted by atomic mass is 10.1. The Morgan fingerprint density at radius 2 is 1.92 bits per heavy atom. The molecule has 0 aliphatic carbocycles. The minimum absolute atomic E-state index is 0.0196. The van der Waals surface area contributed by atoms with E-state index in [0.29, 0.717) is 22.2 Å². The fourth-order valence-corrected chi connectivity index (χ4v) is 2.28. The summed E-state index contributed by atoms with van der Waals surface area (Å²) >= 11 is 0. The van der Waals surface area contributed by atoms with Crippen LogP contribution in [0.4, 0.5) is 13.2 Å². The Balaban J connectivity index is 2.02. The normalized spacial score (nSPS) is 11.7. The summed E-state index contributed by atoms with van der Waals surface area (Å²) in [4.78, 5) is 20.9. The number of carbonyl (C=O) groups is 1. The number of rotatable bonds is 3. The summed E-state index contributed by atoms with van der Waals surface area (Å²) in [5, 5.41) is 4.12. The first-order chi connectivity index (χ1) is 11.8. The lowest BCUT2D eigenvalue weighted by Crippen LogP contribution is -2.26. The Bertz CT molecular complexity index is 933. The van der Waals surface area contributed by atoms with Gasteiger partial charge in [0.1, 0.15) is 17.8 Å². The van der Waals surface area contributed by atoms with E-state index in [1.807, 2.05) is 0 Å². The maximum atomic E-state index is 12.8. The molecule has 0 bridgehead atoms. The number of likely N-dealkylation sites (N-methyl/N-ethyl adjacent to an activating group) is 1. The Morgan fingerprint density at radius 1 is 1.16 bits per heavy atom. The fraction of sp³-hybridized carbons (Fsp3) is 0.250. The maximum absolute atomic E-state index is 12.8. The summed E-state index contributed by atoms with van der Waals surface area (Å²) < 4.78 is 40.0. The molecule has 0 saturated heterocycles. The number of halogens is 3. The summed E-state index contributed by atoms with van der Waals surface area (Å²) in [5.74, 6) is -0.154. The molecule has 3 aromatic rings. The van der Waals surface area contributed by atoms with E-state index in [4.69, 9.17) is 0 Å². The molecule has 130 valence electrons. The molecule has 0 aromatic carbocycles. The highest BCUT2D eigenvalue weighted by molar-refractivity contribution is 5.82. The van der Waals surface area contributed by atoms with Gasteiger partial charge in [-0.3, -0.25) is 19.4 Å². The zero-order valence-corrected chi connectivity index (χ0v) is 13.4. The molecule has 0 unspecified atom stereocenters. The molecule has 0 atom stereocenters. The van der Waals surface area contributed by atoms with Gasteiger partial charge < -0.3 is 4.90 Å². The monoisotopic (exact) mass is 349 g/mol. The van der Waals surface area contributed by atoms with Crippen LogP contribution in [0, 0.1) is 0 Å². The van der Waals surface area contributed by atoms with Gasteiger partial charge in [0.25, 0.3) is 0 Å². The number of hydrogen-bond donors (Lipinski definition) is 0. The minimum atomic E-state index is -4.52. The third-order valence-electron chi connectivity index (χ3n) is 3.66. The molecule has 0 saturated carbocycles. The average Bonchev–Trinajstić information content (AvgIpc) is 2.96. The Hall–Kier alpha value is -2.97. The van der Waals surface area contributed by atoms with Crippen molar-refractivity contribution < 1.29 is 18.0 Å². The van der Waals surface area contributed by atoms with E-state index < -0.39 is 11.9 Å². The zero-order valence-electron chi connectivity index (χ0n) is 13.4. The second kappa shape index (κ2) is 6.15. The number of carbonyl (C=O) groups excluding carboxylic acids is 1. The minimum Gasteiger partial charge on any atom is -0.347 e. The van der Waals surface area contributed by atoms with Crippen LogP contribution in [-0.2, 0) is 17.5 Å². The van der Waals surface area contributed by atoms with E-state index >= 15 is 0 Å². The van der Waals surface area contributed by atoms with Crippen LogP contribution in [0.5, 0.6) is 0 Å². The fourth-order valence-electron chi connectivity index (χ4n) is 2.28. The predicted molar refractivity (Wildman–Crippen MR) is 84.5 cm³/mol. The molecule has 0 aliphatic rings. The molecule has 0 aliphatic heterocycles. The van der Waals surface area contributed by atoms with Crippen LogP contribution in [0.1, 0.15) is 5.69 Å². The molecule has 3 heterocycles. The first kappa shape index (κ1) is 16.9. The zero-order chi connectivity index (χ0) is 18.2. The van der Waals surface area contributed by atoms with Crippen LogP contribution in [-0.4, -0.2) is 44.7 Å². The highest BCUT2D eigenvalue weighted by Crippen LogP contribution is 2.31. The van der Waals surface area contributed by atoms with Gasteiger partial charge >= 0.3 is 6.18 Å². The number of hydrogen-bond acceptors (Lipinski definition) is 4. The molecule has 0 spiro atoms. The Labute approximate surface area is 140 Å². The molecule has 1 amide bonds. The SMILES string of the molecule is CN(C)C(=O)Cn1ncc2ncc(-c3ccnc(C(F)(F)F)c3)cc21. The molecule has 0 N–H and O–H groups in total. The van der Waals surface area contributed by atoms with Gasteiger partial charge in [-0.05, 0) is 23.8 Å². The summed E-state index contributed by atoms with van der Waals surface area (Å²) in [6.07, 6.45) is -0.435. The third-order valence-corrected chi connectivity index (χ3v) is 3.66. The number of aromatic nitrogens is 4. The van der Waals surface area contributed by atoms with Crippen LogP contribution in [0.3, 0.4) is 0 Å². The summed E-state index contributed by atoms with van der Waals surface area (Å²) in [5.41, 5.74) is 0.975. The second-order valence-electron chi connectivity index (χ2n) is 5.65. The van der Waals surface area contributed by atoms with Crippen LogP contribution >= 0.6 is 0 Å². The van der Waals surface area contributed by atoms with Crippen molar-refractivity contribution in [3.63, 3.8) is 0 Å². The van der Waals surface area contributed by atoms with E-state index in [-0.39, 0.29) is 12.5 Å². The van der Waals surface area contributed by atoms with Crippen molar-refractivity contribution in [3.05, 3.63) is 42.5 Å². The lowest BCUT2D eigenvalue weighted by molar-refractivity contribution is -0.141. The van der Waals surface area contributed by atoms with Crippen molar-refractivity contribution >= 4 is 16.9 Å². The van der Waals surface area contributed by atoms with Gasteiger partial charge in [0, 0.05) is 32.1 Å². The van der Waals surface area contributed by atoms with Gasteiger partial charge in [0.2, 0.25) is 5.91 Å². The summed E-state index contributed by atoms with van der Waals surface area (Å²) in [6, 6.07) is 4.10. The predicted octanol–water partition coefficient (Wildman–Crippen LogP) is 2.60. The molecule has 0 radical (unpaired) electrons. The molecule has 25 heavy (non-hydrogen) atoms. The number of pyridine rings is 2. The Morgan fingerprint density at radius 3 is 2.60 bits per heavy atom. The summed E-state index contributed by atoms with van der Waals surface area (Å²) in [6.45, 7) is 0.0196. The third kappa shape index (κ3) is 3.44. The standard InChI is InChI=1S/C16H14F3N5O/c1-23(2)15(25)9-24-13-5-11(7-21-12(13)8-22-24)10-3-4-20-14(6-10)16(17,18)19/h3-8H,9H2,1-2H3. The number of nitrogens with zero attached hydrogens (tertiary/aromatic N) is 5. The van der Waals surface area contributed by atoms with Gasteiger partial charge in [-0.1, -0.05) is 0 Å². The topological polar surface area (TPSA) is 63.9 Å². The maximum Gasteiger partial charge on any atom is 0.433 e. The van der Waals surface area contributed by atoms with Crippen LogP contribution in [0.15, 0.2) is 36.8 Å². The van der Waals surface area contributed by atoms with Crippen molar-refractivity contribution in [1.82, 2.24) is 24.6 Å². The van der Waals surface area contributed by atoms with E-state index in [2.05, 4.69) is 15.1 Å². The van der Waals surface area contributed by atoms with Gasteiger partial charge in [0.05, 0.1) is 11.7 Å². The number of alkyl halides is 3. The van der Waals surface area contributed by atoms with E-state index in [9.17, 15) is 18.0 Å². The second-order valence-corrected chi connectivity index (χ2v) is 5.65. The van der Waals surface area contributed by atoms with Crippen LogP contribution in [0.25, 0.3) is 22.2 Å². The van der Waals surface area contributed by atoms with Gasteiger partial charge in [-0.15, -0.1) is 0 Å². The number of amides is 1. The van der Waals surface area contributed by atoms with Crippen molar-refractivity contribution in [3.8, 4) is 11.1 Å². The largest absolute Gasteiger partial charge is 0.433 e. The molecule has 0 fully saturated rings. The lowest BCUT2D eigenvalue weighted by Gasteiger charge is -2.11. The van der Waals surface area contributed by atoms with Gasteiger partial charge in [0.15, 0.2) is 0 Å².